The van der Waals surface area contributed by atoms with Gasteiger partial charge < -0.3 is 0 Å². The highest BCUT2D eigenvalue weighted by atomic mass is 16.2. The number of rotatable bonds is 6. The van der Waals surface area contributed by atoms with E-state index in [1.807, 2.05) is 39.0 Å². The zero-order chi connectivity index (χ0) is 18.1. The molecule has 0 radical (unpaired) electrons. The Morgan fingerprint density at radius 3 is 2.36 bits per heavy atom. The summed E-state index contributed by atoms with van der Waals surface area (Å²) in [4.78, 5) is 40.4. The van der Waals surface area contributed by atoms with E-state index in [1.165, 1.54) is 4.57 Å². The Balaban J connectivity index is 2.21. The molecule has 3 rings (SSSR count). The molecule has 0 saturated heterocycles. The van der Waals surface area contributed by atoms with Gasteiger partial charge in [-0.1, -0.05) is 30.5 Å². The van der Waals surface area contributed by atoms with Gasteiger partial charge in [0.25, 0.3) is 5.56 Å². The van der Waals surface area contributed by atoms with E-state index in [2.05, 4.69) is 4.98 Å². The molecule has 1 aliphatic rings. The van der Waals surface area contributed by atoms with Crippen LogP contribution in [0.2, 0.25) is 0 Å². The third kappa shape index (κ3) is 3.65. The molecule has 0 unspecified atom stereocenters. The number of ketones is 1. The topological polar surface area (TPSA) is 71.9 Å². The highest BCUT2D eigenvalue weighted by Gasteiger charge is 2.28. The molecule has 1 aromatic heterocycles. The molecule has 0 amide bonds. The SMILES string of the molecule is CCCc1c(C(=O)c2cc(C)cc(C)c2)n(CC2CC2)c(=O)[nH]c1=O. The van der Waals surface area contributed by atoms with E-state index in [0.717, 1.165) is 30.4 Å². The van der Waals surface area contributed by atoms with E-state index >= 15 is 0 Å². The van der Waals surface area contributed by atoms with Crippen molar-refractivity contribution in [3.05, 3.63) is 67.0 Å². The molecule has 1 fully saturated rings. The van der Waals surface area contributed by atoms with Crippen LogP contribution in [0.5, 0.6) is 0 Å². The number of aromatic amines is 1. The van der Waals surface area contributed by atoms with Gasteiger partial charge in [-0.3, -0.25) is 19.1 Å². The first-order valence-corrected chi connectivity index (χ1v) is 8.89. The minimum absolute atomic E-state index is 0.237. The Kier molecular flexibility index (Phi) is 4.75. The molecule has 132 valence electrons. The third-order valence-corrected chi connectivity index (χ3v) is 4.63. The molecule has 2 aromatic rings. The molecule has 1 aromatic carbocycles. The Morgan fingerprint density at radius 2 is 1.80 bits per heavy atom. The average molecular weight is 340 g/mol. The van der Waals surface area contributed by atoms with Gasteiger partial charge in [0.05, 0.1) is 0 Å². The number of carbonyl (C=O) groups excluding carboxylic acids is 1. The van der Waals surface area contributed by atoms with Gasteiger partial charge in [-0.25, -0.2) is 4.79 Å². The molecule has 0 spiro atoms. The lowest BCUT2D eigenvalue weighted by molar-refractivity contribution is 0.102. The predicted molar refractivity (Wildman–Crippen MR) is 97.4 cm³/mol. The fraction of sp³-hybridized carbons (Fsp3) is 0.450. The molecule has 1 N–H and O–H groups in total. The number of hydrogen-bond acceptors (Lipinski definition) is 3. The smallest absolute Gasteiger partial charge is 0.290 e. The minimum Gasteiger partial charge on any atom is -0.290 e. The monoisotopic (exact) mass is 340 g/mol. The molecular formula is C20H24N2O3. The summed E-state index contributed by atoms with van der Waals surface area (Å²) in [5.41, 5.74) is 2.28. The van der Waals surface area contributed by atoms with E-state index < -0.39 is 11.2 Å². The summed E-state index contributed by atoms with van der Waals surface area (Å²) in [6.07, 6.45) is 3.34. The Bertz CT molecular complexity index is 913. The Hall–Kier alpha value is -2.43. The average Bonchev–Trinajstić information content (AvgIpc) is 3.35. The van der Waals surface area contributed by atoms with Crippen molar-refractivity contribution in [1.29, 1.82) is 0 Å². The Morgan fingerprint density at radius 1 is 1.16 bits per heavy atom. The second-order valence-electron chi connectivity index (χ2n) is 7.10. The second kappa shape index (κ2) is 6.82. The molecular weight excluding hydrogens is 316 g/mol. The normalized spacial score (nSPS) is 13.9. The summed E-state index contributed by atoms with van der Waals surface area (Å²) in [7, 11) is 0. The number of benzene rings is 1. The van der Waals surface area contributed by atoms with E-state index in [0.29, 0.717) is 30.0 Å². The van der Waals surface area contributed by atoms with Crippen molar-refractivity contribution >= 4 is 5.78 Å². The van der Waals surface area contributed by atoms with Gasteiger partial charge in [-0.15, -0.1) is 0 Å². The first kappa shape index (κ1) is 17.4. The molecule has 1 heterocycles. The quantitative estimate of drug-likeness (QED) is 0.822. The van der Waals surface area contributed by atoms with Gasteiger partial charge in [-0.2, -0.15) is 0 Å². The van der Waals surface area contributed by atoms with Crippen molar-refractivity contribution < 1.29 is 4.79 Å². The second-order valence-corrected chi connectivity index (χ2v) is 7.10. The van der Waals surface area contributed by atoms with Gasteiger partial charge in [0.1, 0.15) is 5.69 Å². The predicted octanol–water partition coefficient (Wildman–Crippen LogP) is 2.75. The summed E-state index contributed by atoms with van der Waals surface area (Å²) in [5, 5.41) is 0. The summed E-state index contributed by atoms with van der Waals surface area (Å²) >= 11 is 0. The standard InChI is InChI=1S/C20H24N2O3/c1-4-5-16-17(18(23)15-9-12(2)8-13(3)10-15)22(11-14-6-7-14)20(25)21-19(16)24/h8-10,14H,4-7,11H2,1-3H3,(H,21,24,25). The van der Waals surface area contributed by atoms with Crippen LogP contribution in [-0.2, 0) is 13.0 Å². The zero-order valence-electron chi connectivity index (χ0n) is 15.0. The lowest BCUT2D eigenvalue weighted by Crippen LogP contribution is -2.38. The van der Waals surface area contributed by atoms with Crippen molar-refractivity contribution in [3.8, 4) is 0 Å². The van der Waals surface area contributed by atoms with Crippen LogP contribution in [0.4, 0.5) is 0 Å². The van der Waals surface area contributed by atoms with Crippen LogP contribution in [0, 0.1) is 19.8 Å². The molecule has 25 heavy (non-hydrogen) atoms. The van der Waals surface area contributed by atoms with Crippen LogP contribution in [0.3, 0.4) is 0 Å². The van der Waals surface area contributed by atoms with Crippen LogP contribution < -0.4 is 11.2 Å². The summed E-state index contributed by atoms with van der Waals surface area (Å²) in [6, 6.07) is 5.63. The van der Waals surface area contributed by atoms with Crippen molar-refractivity contribution in [1.82, 2.24) is 9.55 Å². The van der Waals surface area contributed by atoms with E-state index in [1.54, 1.807) is 0 Å². The fourth-order valence-corrected chi connectivity index (χ4v) is 3.33. The lowest BCUT2D eigenvalue weighted by Gasteiger charge is -2.15. The molecule has 5 nitrogen and oxygen atoms in total. The number of H-pyrrole nitrogens is 1. The lowest BCUT2D eigenvalue weighted by atomic mass is 9.98. The van der Waals surface area contributed by atoms with Crippen LogP contribution in [0.15, 0.2) is 27.8 Å². The number of nitrogens with one attached hydrogen (secondary N) is 1. The molecule has 0 aliphatic heterocycles. The maximum Gasteiger partial charge on any atom is 0.328 e. The number of carbonyl (C=O) groups is 1. The van der Waals surface area contributed by atoms with Crippen molar-refractivity contribution in [2.75, 3.05) is 0 Å². The van der Waals surface area contributed by atoms with Crippen molar-refractivity contribution in [2.24, 2.45) is 5.92 Å². The molecule has 0 atom stereocenters. The van der Waals surface area contributed by atoms with Crippen molar-refractivity contribution in [3.63, 3.8) is 0 Å². The molecule has 1 aliphatic carbocycles. The van der Waals surface area contributed by atoms with Gasteiger partial charge in [0, 0.05) is 17.7 Å². The van der Waals surface area contributed by atoms with E-state index in [4.69, 9.17) is 0 Å². The summed E-state index contributed by atoms with van der Waals surface area (Å²) in [6.45, 7) is 6.33. The van der Waals surface area contributed by atoms with Gasteiger partial charge in [0.2, 0.25) is 5.78 Å². The number of hydrogen-bond donors (Lipinski definition) is 1. The van der Waals surface area contributed by atoms with Crippen LogP contribution in [0.25, 0.3) is 0 Å². The maximum absolute atomic E-state index is 13.3. The third-order valence-electron chi connectivity index (χ3n) is 4.63. The maximum atomic E-state index is 13.3. The molecule has 5 heteroatoms. The van der Waals surface area contributed by atoms with Crippen molar-refractivity contribution in [2.45, 2.75) is 53.0 Å². The van der Waals surface area contributed by atoms with E-state index in [-0.39, 0.29) is 11.5 Å². The minimum atomic E-state index is -0.482. The highest BCUT2D eigenvalue weighted by molar-refractivity contribution is 6.09. The zero-order valence-corrected chi connectivity index (χ0v) is 15.0. The molecule has 0 bridgehead atoms. The van der Waals surface area contributed by atoms with Gasteiger partial charge in [-0.05, 0) is 51.2 Å². The first-order valence-electron chi connectivity index (χ1n) is 8.89. The number of aryl methyl sites for hydroxylation is 2. The van der Waals surface area contributed by atoms with Gasteiger partial charge in [0.15, 0.2) is 0 Å². The Labute approximate surface area is 146 Å². The summed E-state index contributed by atoms with van der Waals surface area (Å²) in [5.74, 6) is 0.183. The van der Waals surface area contributed by atoms with Gasteiger partial charge >= 0.3 is 5.69 Å². The first-order chi connectivity index (χ1) is 11.9. The fourth-order valence-electron chi connectivity index (χ4n) is 3.33. The summed E-state index contributed by atoms with van der Waals surface area (Å²) < 4.78 is 1.49. The number of aromatic nitrogens is 2. The van der Waals surface area contributed by atoms with E-state index in [9.17, 15) is 14.4 Å². The van der Waals surface area contributed by atoms with Crippen LogP contribution in [-0.4, -0.2) is 15.3 Å². The molecule has 1 saturated carbocycles. The highest BCUT2D eigenvalue weighted by Crippen LogP contribution is 2.31. The largest absolute Gasteiger partial charge is 0.328 e. The van der Waals surface area contributed by atoms with Crippen LogP contribution >= 0.6 is 0 Å². The van der Waals surface area contributed by atoms with Crippen LogP contribution in [0.1, 0.15) is 58.9 Å². The number of nitrogens with zero attached hydrogens (tertiary/aromatic N) is 1.